The third-order valence-electron chi connectivity index (χ3n) is 4.60. The summed E-state index contributed by atoms with van der Waals surface area (Å²) in [6.07, 6.45) is 0.925. The SMILES string of the molecule is COc1cccc(CCNC(=O)C2CC2C(=O)Nc2ccc(F)c(F)c2F)c1. The topological polar surface area (TPSA) is 67.4 Å². The van der Waals surface area contributed by atoms with Gasteiger partial charge < -0.3 is 15.4 Å². The van der Waals surface area contributed by atoms with E-state index in [1.807, 2.05) is 24.3 Å². The summed E-state index contributed by atoms with van der Waals surface area (Å²) in [5.74, 6) is -5.73. The number of halogens is 3. The molecule has 148 valence electrons. The smallest absolute Gasteiger partial charge is 0.228 e. The van der Waals surface area contributed by atoms with Gasteiger partial charge in [0.05, 0.1) is 24.6 Å². The van der Waals surface area contributed by atoms with Gasteiger partial charge in [-0.05, 0) is 42.7 Å². The van der Waals surface area contributed by atoms with Crippen LogP contribution in [-0.2, 0) is 16.0 Å². The first-order valence-electron chi connectivity index (χ1n) is 8.75. The lowest BCUT2D eigenvalue weighted by Crippen LogP contribution is -2.29. The molecule has 0 aliphatic heterocycles. The Labute approximate surface area is 159 Å². The van der Waals surface area contributed by atoms with Crippen molar-refractivity contribution in [2.75, 3.05) is 19.0 Å². The molecule has 3 rings (SSSR count). The largest absolute Gasteiger partial charge is 0.497 e. The molecular formula is C20H19F3N2O3. The lowest BCUT2D eigenvalue weighted by atomic mass is 10.1. The minimum Gasteiger partial charge on any atom is -0.497 e. The minimum absolute atomic E-state index is 0.270. The zero-order chi connectivity index (χ0) is 20.3. The normalized spacial score (nSPS) is 17.7. The molecule has 5 nitrogen and oxygen atoms in total. The molecule has 0 bridgehead atoms. The van der Waals surface area contributed by atoms with E-state index in [0.29, 0.717) is 19.4 Å². The number of anilines is 1. The fraction of sp³-hybridized carbons (Fsp3) is 0.300. The quantitative estimate of drug-likeness (QED) is 0.712. The molecule has 0 spiro atoms. The van der Waals surface area contributed by atoms with E-state index in [1.165, 1.54) is 0 Å². The summed E-state index contributed by atoms with van der Waals surface area (Å²) in [6, 6.07) is 9.13. The van der Waals surface area contributed by atoms with Crippen LogP contribution >= 0.6 is 0 Å². The Morgan fingerprint density at radius 1 is 1.07 bits per heavy atom. The Balaban J connectivity index is 1.47. The van der Waals surface area contributed by atoms with Crippen LogP contribution in [0.5, 0.6) is 5.75 Å². The molecule has 2 aromatic rings. The fourth-order valence-corrected chi connectivity index (χ4v) is 2.91. The summed E-state index contributed by atoms with van der Waals surface area (Å²) in [4.78, 5) is 24.3. The van der Waals surface area contributed by atoms with Crippen molar-refractivity contribution in [3.05, 3.63) is 59.4 Å². The van der Waals surface area contributed by atoms with Gasteiger partial charge in [0.15, 0.2) is 17.5 Å². The highest BCUT2D eigenvalue weighted by atomic mass is 19.2. The Bertz CT molecular complexity index is 904. The third kappa shape index (κ3) is 4.44. The van der Waals surface area contributed by atoms with Gasteiger partial charge in [0, 0.05) is 6.54 Å². The van der Waals surface area contributed by atoms with Gasteiger partial charge in [-0.15, -0.1) is 0 Å². The maximum absolute atomic E-state index is 13.6. The number of carbonyl (C=O) groups is 2. The average Bonchev–Trinajstić information content (AvgIpc) is 3.49. The number of ether oxygens (including phenoxy) is 1. The number of amides is 2. The van der Waals surface area contributed by atoms with Gasteiger partial charge in [-0.2, -0.15) is 0 Å². The molecule has 2 unspecified atom stereocenters. The highest BCUT2D eigenvalue weighted by Gasteiger charge is 2.48. The first-order valence-corrected chi connectivity index (χ1v) is 8.75. The maximum atomic E-state index is 13.6. The van der Waals surface area contributed by atoms with Crippen molar-refractivity contribution < 1.29 is 27.5 Å². The third-order valence-corrected chi connectivity index (χ3v) is 4.60. The predicted molar refractivity (Wildman–Crippen MR) is 96.3 cm³/mol. The molecule has 1 saturated carbocycles. The van der Waals surface area contributed by atoms with Crippen molar-refractivity contribution in [1.29, 1.82) is 0 Å². The van der Waals surface area contributed by atoms with E-state index >= 15 is 0 Å². The summed E-state index contributed by atoms with van der Waals surface area (Å²) in [6.45, 7) is 0.397. The van der Waals surface area contributed by atoms with Crippen LogP contribution in [-0.4, -0.2) is 25.5 Å². The van der Waals surface area contributed by atoms with Crippen LogP contribution in [0.3, 0.4) is 0 Å². The molecule has 1 fully saturated rings. The number of benzene rings is 2. The van der Waals surface area contributed by atoms with Crippen molar-refractivity contribution in [2.45, 2.75) is 12.8 Å². The molecule has 1 aliphatic rings. The molecule has 2 N–H and O–H groups in total. The van der Waals surface area contributed by atoms with Crippen LogP contribution in [0, 0.1) is 29.3 Å². The van der Waals surface area contributed by atoms with Crippen LogP contribution in [0.25, 0.3) is 0 Å². The van der Waals surface area contributed by atoms with Gasteiger partial charge in [0.1, 0.15) is 5.75 Å². The van der Waals surface area contributed by atoms with Gasteiger partial charge in [0.2, 0.25) is 11.8 Å². The maximum Gasteiger partial charge on any atom is 0.228 e. The van der Waals surface area contributed by atoms with E-state index in [1.54, 1.807) is 7.11 Å². The monoisotopic (exact) mass is 392 g/mol. The van der Waals surface area contributed by atoms with E-state index < -0.39 is 40.9 Å². The van der Waals surface area contributed by atoms with Crippen molar-refractivity contribution in [1.82, 2.24) is 5.32 Å². The molecule has 8 heteroatoms. The number of hydrogen-bond donors (Lipinski definition) is 2. The zero-order valence-corrected chi connectivity index (χ0v) is 15.1. The van der Waals surface area contributed by atoms with Crippen molar-refractivity contribution in [2.24, 2.45) is 11.8 Å². The van der Waals surface area contributed by atoms with Crippen LogP contribution in [0.4, 0.5) is 18.9 Å². The number of hydrogen-bond acceptors (Lipinski definition) is 3. The lowest BCUT2D eigenvalue weighted by molar-refractivity contribution is -0.125. The molecule has 0 saturated heterocycles. The van der Waals surface area contributed by atoms with Crippen molar-refractivity contribution >= 4 is 17.5 Å². The molecular weight excluding hydrogens is 373 g/mol. The second-order valence-corrected chi connectivity index (χ2v) is 6.55. The number of rotatable bonds is 7. The first-order chi connectivity index (χ1) is 13.4. The van der Waals surface area contributed by atoms with Crippen LogP contribution in [0.15, 0.2) is 36.4 Å². The zero-order valence-electron chi connectivity index (χ0n) is 15.1. The molecule has 0 aromatic heterocycles. The van der Waals surface area contributed by atoms with E-state index in [-0.39, 0.29) is 5.91 Å². The summed E-state index contributed by atoms with van der Waals surface area (Å²) in [5.41, 5.74) is 0.548. The van der Waals surface area contributed by atoms with Gasteiger partial charge in [0.25, 0.3) is 0 Å². The van der Waals surface area contributed by atoms with Gasteiger partial charge in [-0.1, -0.05) is 12.1 Å². The Morgan fingerprint density at radius 3 is 2.57 bits per heavy atom. The summed E-state index contributed by atoms with van der Waals surface area (Å²) in [7, 11) is 1.57. The molecule has 28 heavy (non-hydrogen) atoms. The molecule has 0 heterocycles. The van der Waals surface area contributed by atoms with E-state index in [9.17, 15) is 22.8 Å². The van der Waals surface area contributed by atoms with Crippen LogP contribution in [0.2, 0.25) is 0 Å². The summed E-state index contributed by atoms with van der Waals surface area (Å²) < 4.78 is 44.9. The summed E-state index contributed by atoms with van der Waals surface area (Å²) in [5, 5.41) is 4.97. The Hall–Kier alpha value is -3.03. The molecule has 2 amide bonds. The second kappa shape index (κ2) is 8.33. The Morgan fingerprint density at radius 2 is 1.82 bits per heavy atom. The van der Waals surface area contributed by atoms with Crippen LogP contribution in [0.1, 0.15) is 12.0 Å². The molecule has 0 radical (unpaired) electrons. The number of methoxy groups -OCH3 is 1. The second-order valence-electron chi connectivity index (χ2n) is 6.55. The van der Waals surface area contributed by atoms with E-state index in [0.717, 1.165) is 23.4 Å². The first kappa shape index (κ1) is 19.7. The fourth-order valence-electron chi connectivity index (χ4n) is 2.91. The highest BCUT2D eigenvalue weighted by molar-refractivity contribution is 5.99. The number of nitrogens with one attached hydrogen (secondary N) is 2. The molecule has 2 aromatic carbocycles. The highest BCUT2D eigenvalue weighted by Crippen LogP contribution is 2.39. The van der Waals surface area contributed by atoms with Crippen molar-refractivity contribution in [3.8, 4) is 5.75 Å². The van der Waals surface area contributed by atoms with E-state index in [2.05, 4.69) is 10.6 Å². The predicted octanol–water partition coefficient (Wildman–Crippen LogP) is 3.05. The minimum atomic E-state index is -1.65. The number of carbonyl (C=O) groups excluding carboxylic acids is 2. The van der Waals surface area contributed by atoms with Gasteiger partial charge in [-0.3, -0.25) is 9.59 Å². The summed E-state index contributed by atoms with van der Waals surface area (Å²) >= 11 is 0. The average molecular weight is 392 g/mol. The van der Waals surface area contributed by atoms with Crippen molar-refractivity contribution in [3.63, 3.8) is 0 Å². The molecule has 2 atom stereocenters. The van der Waals surface area contributed by atoms with Gasteiger partial charge in [-0.25, -0.2) is 13.2 Å². The lowest BCUT2D eigenvalue weighted by Gasteiger charge is -2.08. The molecule has 1 aliphatic carbocycles. The van der Waals surface area contributed by atoms with E-state index in [4.69, 9.17) is 4.74 Å². The standard InChI is InChI=1S/C20H19F3N2O3/c1-28-12-4-2-3-11(9-12)7-8-24-19(26)13-10-14(13)20(27)25-16-6-5-15(21)17(22)18(16)23/h2-6,9,13-14H,7-8,10H2,1H3,(H,24,26)(H,25,27). The van der Waals surface area contributed by atoms with Crippen LogP contribution < -0.4 is 15.4 Å². The Kier molecular flexibility index (Phi) is 5.87. The van der Waals surface area contributed by atoms with Gasteiger partial charge >= 0.3 is 0 Å².